The van der Waals surface area contributed by atoms with Crippen molar-refractivity contribution in [2.75, 3.05) is 12.4 Å². The Kier molecular flexibility index (Phi) is 6.75. The fourth-order valence-electron chi connectivity index (χ4n) is 2.67. The number of rotatable bonds is 6. The molecular weight excluding hydrogens is 413 g/mol. The van der Waals surface area contributed by atoms with Crippen molar-refractivity contribution in [1.82, 2.24) is 0 Å². The molecule has 0 spiro atoms. The minimum Gasteiger partial charge on any atom is -0.497 e. The Morgan fingerprint density at radius 1 is 0.897 bits per heavy atom. The Morgan fingerprint density at radius 2 is 1.55 bits per heavy atom. The highest BCUT2D eigenvalue weighted by Gasteiger charge is 2.27. The number of amides is 1. The summed E-state index contributed by atoms with van der Waals surface area (Å²) in [5.41, 5.74) is 1.01. The van der Waals surface area contributed by atoms with E-state index in [0.29, 0.717) is 17.0 Å². The van der Waals surface area contributed by atoms with E-state index < -0.39 is 18.0 Å². The van der Waals surface area contributed by atoms with Crippen LogP contribution in [0.5, 0.6) is 5.75 Å². The van der Waals surface area contributed by atoms with E-state index in [0.717, 1.165) is 0 Å². The third-order valence-electron chi connectivity index (χ3n) is 4.07. The van der Waals surface area contributed by atoms with Crippen molar-refractivity contribution in [2.24, 2.45) is 0 Å². The van der Waals surface area contributed by atoms with Crippen LogP contribution in [0.25, 0.3) is 0 Å². The summed E-state index contributed by atoms with van der Waals surface area (Å²) < 4.78 is 10.7. The summed E-state index contributed by atoms with van der Waals surface area (Å²) in [6, 6.07) is 20.2. The van der Waals surface area contributed by atoms with Gasteiger partial charge < -0.3 is 14.8 Å². The van der Waals surface area contributed by atoms with Gasteiger partial charge in [-0.2, -0.15) is 0 Å². The number of halogens is 2. The Balaban J connectivity index is 1.89. The van der Waals surface area contributed by atoms with Crippen LogP contribution in [0.2, 0.25) is 10.0 Å². The maximum atomic E-state index is 13.0. The van der Waals surface area contributed by atoms with E-state index in [4.69, 9.17) is 32.7 Å². The molecule has 7 heteroatoms. The third-order valence-corrected chi connectivity index (χ3v) is 4.70. The SMILES string of the molecule is COc1cccc(NC(=O)[C@@H](OC(=O)c2c(Cl)cccc2Cl)c2ccccc2)c1. The van der Waals surface area contributed by atoms with E-state index in [9.17, 15) is 9.59 Å². The molecule has 148 valence electrons. The van der Waals surface area contributed by atoms with Crippen molar-refractivity contribution in [2.45, 2.75) is 6.10 Å². The molecule has 0 aliphatic carbocycles. The van der Waals surface area contributed by atoms with Gasteiger partial charge in [0.2, 0.25) is 6.10 Å². The topological polar surface area (TPSA) is 64.6 Å². The summed E-state index contributed by atoms with van der Waals surface area (Å²) in [5.74, 6) is -0.741. The van der Waals surface area contributed by atoms with E-state index in [2.05, 4.69) is 5.32 Å². The maximum Gasteiger partial charge on any atom is 0.342 e. The Bertz CT molecular complexity index is 1000. The molecule has 0 bridgehead atoms. The van der Waals surface area contributed by atoms with Gasteiger partial charge in [-0.05, 0) is 24.3 Å². The standard InChI is InChI=1S/C22H17Cl2NO4/c1-28-16-10-5-9-15(13-16)25-21(26)20(14-7-3-2-4-8-14)29-22(27)19-17(23)11-6-12-18(19)24/h2-13,20H,1H3,(H,25,26)/t20-/m0/s1. The Morgan fingerprint density at radius 3 is 2.21 bits per heavy atom. The van der Waals surface area contributed by atoms with Gasteiger partial charge in [0.25, 0.3) is 5.91 Å². The monoisotopic (exact) mass is 429 g/mol. The van der Waals surface area contributed by atoms with Crippen LogP contribution in [0, 0.1) is 0 Å². The number of carbonyl (C=O) groups is 2. The normalized spacial score (nSPS) is 11.4. The van der Waals surface area contributed by atoms with Gasteiger partial charge in [0.05, 0.1) is 22.7 Å². The smallest absolute Gasteiger partial charge is 0.342 e. The zero-order chi connectivity index (χ0) is 20.8. The first-order valence-corrected chi connectivity index (χ1v) is 9.40. The van der Waals surface area contributed by atoms with Crippen molar-refractivity contribution in [3.63, 3.8) is 0 Å². The number of benzene rings is 3. The van der Waals surface area contributed by atoms with Crippen LogP contribution in [-0.4, -0.2) is 19.0 Å². The van der Waals surface area contributed by atoms with Gasteiger partial charge in [0.15, 0.2) is 0 Å². The molecule has 0 radical (unpaired) electrons. The second-order valence-corrected chi connectivity index (χ2v) is 6.83. The summed E-state index contributed by atoms with van der Waals surface area (Å²) in [6.45, 7) is 0. The molecule has 1 N–H and O–H groups in total. The number of hydrogen-bond donors (Lipinski definition) is 1. The van der Waals surface area contributed by atoms with E-state index >= 15 is 0 Å². The summed E-state index contributed by atoms with van der Waals surface area (Å²) >= 11 is 12.2. The van der Waals surface area contributed by atoms with Gasteiger partial charge >= 0.3 is 5.97 Å². The molecule has 29 heavy (non-hydrogen) atoms. The molecule has 1 atom stereocenters. The molecule has 0 heterocycles. The summed E-state index contributed by atoms with van der Waals surface area (Å²) in [6.07, 6.45) is -1.21. The number of methoxy groups -OCH3 is 1. The number of ether oxygens (including phenoxy) is 2. The van der Waals surface area contributed by atoms with E-state index in [-0.39, 0.29) is 15.6 Å². The fourth-order valence-corrected chi connectivity index (χ4v) is 3.22. The predicted molar refractivity (Wildman–Crippen MR) is 113 cm³/mol. The van der Waals surface area contributed by atoms with E-state index in [1.807, 2.05) is 0 Å². The number of nitrogens with one attached hydrogen (secondary N) is 1. The lowest BCUT2D eigenvalue weighted by atomic mass is 10.1. The van der Waals surface area contributed by atoms with Crippen molar-refractivity contribution < 1.29 is 19.1 Å². The lowest BCUT2D eigenvalue weighted by Crippen LogP contribution is -2.26. The Labute approximate surface area is 178 Å². The second kappa shape index (κ2) is 9.45. The lowest BCUT2D eigenvalue weighted by Gasteiger charge is -2.19. The van der Waals surface area contributed by atoms with Gasteiger partial charge in [-0.25, -0.2) is 4.79 Å². The molecule has 0 aliphatic rings. The highest BCUT2D eigenvalue weighted by Crippen LogP contribution is 2.28. The zero-order valence-electron chi connectivity index (χ0n) is 15.4. The molecule has 0 aromatic heterocycles. The van der Waals surface area contributed by atoms with E-state index in [1.54, 1.807) is 60.7 Å². The average molecular weight is 430 g/mol. The van der Waals surface area contributed by atoms with Gasteiger partial charge in [-0.15, -0.1) is 0 Å². The fraction of sp³-hybridized carbons (Fsp3) is 0.0909. The van der Waals surface area contributed by atoms with Crippen molar-refractivity contribution >= 4 is 40.8 Å². The average Bonchev–Trinajstić information content (AvgIpc) is 2.72. The highest BCUT2D eigenvalue weighted by molar-refractivity contribution is 6.39. The maximum absolute atomic E-state index is 13.0. The second-order valence-electron chi connectivity index (χ2n) is 6.01. The van der Waals surface area contributed by atoms with Gasteiger partial charge in [0.1, 0.15) is 5.75 Å². The minimum absolute atomic E-state index is 0.00550. The van der Waals surface area contributed by atoms with Crippen molar-refractivity contribution in [3.05, 3.63) is 94.0 Å². The molecule has 0 unspecified atom stereocenters. The highest BCUT2D eigenvalue weighted by atomic mass is 35.5. The summed E-state index contributed by atoms with van der Waals surface area (Å²) in [5, 5.41) is 3.02. The molecule has 3 aromatic carbocycles. The van der Waals surface area contributed by atoms with Crippen LogP contribution in [0.3, 0.4) is 0 Å². The first-order chi connectivity index (χ1) is 14.0. The number of anilines is 1. The van der Waals surface area contributed by atoms with Crippen LogP contribution in [0.1, 0.15) is 22.0 Å². The predicted octanol–water partition coefficient (Wildman–Crippen LogP) is 5.54. The zero-order valence-corrected chi connectivity index (χ0v) is 16.9. The third kappa shape index (κ3) is 5.08. The number of carbonyl (C=O) groups excluding carboxylic acids is 2. The van der Waals surface area contributed by atoms with Crippen LogP contribution in [0.15, 0.2) is 72.8 Å². The Hall–Kier alpha value is -3.02. The first kappa shape index (κ1) is 20.7. The van der Waals surface area contributed by atoms with Crippen molar-refractivity contribution in [1.29, 1.82) is 0 Å². The first-order valence-electron chi connectivity index (χ1n) is 8.64. The van der Waals surface area contributed by atoms with Crippen LogP contribution in [0.4, 0.5) is 5.69 Å². The van der Waals surface area contributed by atoms with Gasteiger partial charge in [0, 0.05) is 17.3 Å². The molecule has 0 saturated heterocycles. The molecule has 1 amide bonds. The van der Waals surface area contributed by atoms with Gasteiger partial charge in [-0.3, -0.25) is 4.79 Å². The molecule has 3 aromatic rings. The number of hydrogen-bond acceptors (Lipinski definition) is 4. The molecule has 0 fully saturated rings. The van der Waals surface area contributed by atoms with Crippen LogP contribution >= 0.6 is 23.2 Å². The molecule has 0 saturated carbocycles. The lowest BCUT2D eigenvalue weighted by molar-refractivity contribution is -0.125. The van der Waals surface area contributed by atoms with Crippen LogP contribution in [-0.2, 0) is 9.53 Å². The molecular formula is C22H17Cl2NO4. The summed E-state index contributed by atoms with van der Waals surface area (Å²) in [7, 11) is 1.53. The largest absolute Gasteiger partial charge is 0.497 e. The van der Waals surface area contributed by atoms with Crippen LogP contribution < -0.4 is 10.1 Å². The van der Waals surface area contributed by atoms with E-state index in [1.165, 1.54) is 19.2 Å². The molecule has 3 rings (SSSR count). The van der Waals surface area contributed by atoms with Crippen molar-refractivity contribution in [3.8, 4) is 5.75 Å². The minimum atomic E-state index is -1.21. The van der Waals surface area contributed by atoms with Gasteiger partial charge in [-0.1, -0.05) is 65.7 Å². The molecule has 0 aliphatic heterocycles. The summed E-state index contributed by atoms with van der Waals surface area (Å²) in [4.78, 5) is 25.7. The quantitative estimate of drug-likeness (QED) is 0.522. The molecule has 5 nitrogen and oxygen atoms in total. The number of esters is 1.